The Bertz CT molecular complexity index is 442. The zero-order valence-corrected chi connectivity index (χ0v) is 12.2. The highest BCUT2D eigenvalue weighted by Gasteiger charge is 2.26. The van der Waals surface area contributed by atoms with Crippen molar-refractivity contribution in [3.8, 4) is 0 Å². The van der Waals surface area contributed by atoms with Crippen molar-refractivity contribution >= 4 is 23.5 Å². The van der Waals surface area contributed by atoms with E-state index in [4.69, 9.17) is 4.74 Å². The third-order valence-corrected chi connectivity index (χ3v) is 4.03. The summed E-state index contributed by atoms with van der Waals surface area (Å²) in [4.78, 5) is 22.2. The van der Waals surface area contributed by atoms with Crippen molar-refractivity contribution in [2.45, 2.75) is 36.8 Å². The molecule has 1 aromatic heterocycles. The molecule has 0 aliphatic carbocycles. The van der Waals surface area contributed by atoms with E-state index in [0.717, 1.165) is 36.7 Å². The van der Waals surface area contributed by atoms with Crippen LogP contribution in [0.2, 0.25) is 0 Å². The zero-order chi connectivity index (χ0) is 13.7. The molecule has 1 saturated heterocycles. The molecular weight excluding hydrogens is 262 g/mol. The van der Waals surface area contributed by atoms with E-state index in [1.54, 1.807) is 18.1 Å². The molecule has 1 aliphatic rings. The first-order valence-electron chi connectivity index (χ1n) is 6.44. The molecule has 0 saturated carbocycles. The molecule has 0 aromatic carbocycles. The Morgan fingerprint density at radius 2 is 2.37 bits per heavy atom. The number of esters is 1. The van der Waals surface area contributed by atoms with Gasteiger partial charge < -0.3 is 9.64 Å². The van der Waals surface area contributed by atoms with Crippen LogP contribution >= 0.6 is 11.8 Å². The average Bonchev–Trinajstić information content (AvgIpc) is 2.47. The molecule has 19 heavy (non-hydrogen) atoms. The number of carbonyl (C=O) groups is 1. The van der Waals surface area contributed by atoms with Gasteiger partial charge in [-0.1, -0.05) is 0 Å². The first-order chi connectivity index (χ1) is 9.24. The summed E-state index contributed by atoms with van der Waals surface area (Å²) in [7, 11) is 1.44. The summed E-state index contributed by atoms with van der Waals surface area (Å²) in [6.07, 6.45) is 7.30. The molecule has 2 rings (SSSR count). The van der Waals surface area contributed by atoms with Crippen LogP contribution in [-0.4, -0.2) is 41.9 Å². The summed E-state index contributed by atoms with van der Waals surface area (Å²) in [6.45, 7) is 0.937. The van der Waals surface area contributed by atoms with E-state index < -0.39 is 0 Å². The molecule has 5 nitrogen and oxygen atoms in total. The van der Waals surface area contributed by atoms with Gasteiger partial charge in [0.05, 0.1) is 13.5 Å². The third kappa shape index (κ3) is 3.59. The van der Waals surface area contributed by atoms with Gasteiger partial charge in [-0.25, -0.2) is 9.97 Å². The molecule has 1 atom stereocenters. The van der Waals surface area contributed by atoms with Crippen LogP contribution in [0.5, 0.6) is 0 Å². The maximum atomic E-state index is 11.5. The van der Waals surface area contributed by atoms with Crippen molar-refractivity contribution in [3.63, 3.8) is 0 Å². The Labute approximate surface area is 117 Å². The van der Waals surface area contributed by atoms with Crippen molar-refractivity contribution in [2.75, 3.05) is 24.8 Å². The number of hydrogen-bond acceptors (Lipinski definition) is 6. The predicted molar refractivity (Wildman–Crippen MR) is 75.4 cm³/mol. The molecule has 104 valence electrons. The van der Waals surface area contributed by atoms with Crippen molar-refractivity contribution in [1.82, 2.24) is 9.97 Å². The number of carbonyl (C=O) groups excluding carboxylic acids is 1. The van der Waals surface area contributed by atoms with Crippen LogP contribution in [0.25, 0.3) is 0 Å². The lowest BCUT2D eigenvalue weighted by molar-refractivity contribution is -0.141. The molecule has 6 heteroatoms. The molecule has 2 heterocycles. The predicted octanol–water partition coefficient (Wildman–Crippen LogP) is 2.12. The first-order valence-corrected chi connectivity index (χ1v) is 7.66. The molecule has 1 aromatic rings. The van der Waals surface area contributed by atoms with Crippen LogP contribution in [0, 0.1) is 0 Å². The molecule has 0 radical (unpaired) electrons. The largest absolute Gasteiger partial charge is 0.469 e. The molecular formula is C13H19N3O2S. The number of anilines is 1. The molecule has 1 aliphatic heterocycles. The number of ether oxygens (including phenoxy) is 1. The average molecular weight is 281 g/mol. The molecule has 0 spiro atoms. The number of hydrogen-bond donors (Lipinski definition) is 0. The van der Waals surface area contributed by atoms with E-state index in [1.165, 1.54) is 7.11 Å². The van der Waals surface area contributed by atoms with Gasteiger partial charge in [0, 0.05) is 18.7 Å². The van der Waals surface area contributed by atoms with Crippen LogP contribution in [0.4, 0.5) is 5.82 Å². The van der Waals surface area contributed by atoms with E-state index >= 15 is 0 Å². The fraction of sp³-hybridized carbons (Fsp3) is 0.615. The second kappa shape index (κ2) is 6.75. The van der Waals surface area contributed by atoms with Crippen molar-refractivity contribution in [3.05, 3.63) is 12.4 Å². The SMILES string of the molecule is COC(=O)CC1CCCCN1c1cc(SC)ncn1. The minimum atomic E-state index is -0.156. The van der Waals surface area contributed by atoms with Gasteiger partial charge in [-0.15, -0.1) is 11.8 Å². The highest BCUT2D eigenvalue weighted by atomic mass is 32.2. The van der Waals surface area contributed by atoms with Gasteiger partial charge >= 0.3 is 5.97 Å². The summed E-state index contributed by atoms with van der Waals surface area (Å²) < 4.78 is 4.78. The van der Waals surface area contributed by atoms with Crippen LogP contribution < -0.4 is 4.90 Å². The number of piperidine rings is 1. The minimum Gasteiger partial charge on any atom is -0.469 e. The van der Waals surface area contributed by atoms with Gasteiger partial charge in [-0.05, 0) is 25.5 Å². The maximum Gasteiger partial charge on any atom is 0.307 e. The van der Waals surface area contributed by atoms with Crippen LogP contribution in [-0.2, 0) is 9.53 Å². The smallest absolute Gasteiger partial charge is 0.307 e. The van der Waals surface area contributed by atoms with E-state index in [0.29, 0.717) is 6.42 Å². The lowest BCUT2D eigenvalue weighted by Gasteiger charge is -2.36. The van der Waals surface area contributed by atoms with E-state index in [2.05, 4.69) is 14.9 Å². The molecule has 1 unspecified atom stereocenters. The number of rotatable bonds is 4. The summed E-state index contributed by atoms with van der Waals surface area (Å²) in [5, 5.41) is 0.951. The standard InChI is InChI=1S/C13H19N3O2S/c1-18-13(17)7-10-5-3-4-6-16(10)11-8-12(19-2)15-9-14-11/h8-10H,3-7H2,1-2H3. The Hall–Kier alpha value is -1.30. The summed E-state index contributed by atoms with van der Waals surface area (Å²) in [5.74, 6) is 0.754. The zero-order valence-electron chi connectivity index (χ0n) is 11.3. The van der Waals surface area contributed by atoms with Gasteiger partial charge in [-0.2, -0.15) is 0 Å². The monoisotopic (exact) mass is 281 g/mol. The van der Waals surface area contributed by atoms with Gasteiger partial charge in [0.1, 0.15) is 17.2 Å². The third-order valence-electron chi connectivity index (χ3n) is 3.39. The number of aromatic nitrogens is 2. The van der Waals surface area contributed by atoms with Crippen LogP contribution in [0.3, 0.4) is 0 Å². The fourth-order valence-corrected chi connectivity index (χ4v) is 2.76. The summed E-state index contributed by atoms with van der Waals surface area (Å²) >= 11 is 1.60. The molecule has 1 fully saturated rings. The Morgan fingerprint density at radius 3 is 3.11 bits per heavy atom. The Balaban J connectivity index is 2.15. The van der Waals surface area contributed by atoms with Gasteiger partial charge in [-0.3, -0.25) is 4.79 Å². The highest BCUT2D eigenvalue weighted by molar-refractivity contribution is 7.98. The lowest BCUT2D eigenvalue weighted by atomic mass is 9.99. The topological polar surface area (TPSA) is 55.3 Å². The van der Waals surface area contributed by atoms with Gasteiger partial charge in [0.25, 0.3) is 0 Å². The second-order valence-electron chi connectivity index (χ2n) is 4.54. The quantitative estimate of drug-likeness (QED) is 0.479. The minimum absolute atomic E-state index is 0.156. The van der Waals surface area contributed by atoms with Crippen LogP contribution in [0.1, 0.15) is 25.7 Å². The maximum absolute atomic E-state index is 11.5. The van der Waals surface area contributed by atoms with Crippen molar-refractivity contribution in [2.24, 2.45) is 0 Å². The molecule has 0 N–H and O–H groups in total. The van der Waals surface area contributed by atoms with Gasteiger partial charge in [0.15, 0.2) is 0 Å². The summed E-state index contributed by atoms with van der Waals surface area (Å²) in [6, 6.07) is 2.17. The van der Waals surface area contributed by atoms with E-state index in [9.17, 15) is 4.79 Å². The normalized spacial score (nSPS) is 19.3. The van der Waals surface area contributed by atoms with Crippen molar-refractivity contribution < 1.29 is 9.53 Å². The lowest BCUT2D eigenvalue weighted by Crippen LogP contribution is -2.41. The first kappa shape index (κ1) is 14.1. The van der Waals surface area contributed by atoms with E-state index in [-0.39, 0.29) is 12.0 Å². The molecule has 0 amide bonds. The van der Waals surface area contributed by atoms with Gasteiger partial charge in [0.2, 0.25) is 0 Å². The van der Waals surface area contributed by atoms with E-state index in [1.807, 2.05) is 12.3 Å². The second-order valence-corrected chi connectivity index (χ2v) is 5.37. The highest BCUT2D eigenvalue weighted by Crippen LogP contribution is 2.26. The Kier molecular flexibility index (Phi) is 5.01. The fourth-order valence-electron chi connectivity index (χ4n) is 2.39. The number of thioether (sulfide) groups is 1. The number of methoxy groups -OCH3 is 1. The van der Waals surface area contributed by atoms with Crippen LogP contribution in [0.15, 0.2) is 17.4 Å². The molecule has 0 bridgehead atoms. The van der Waals surface area contributed by atoms with Crippen molar-refractivity contribution in [1.29, 1.82) is 0 Å². The summed E-state index contributed by atoms with van der Waals surface area (Å²) in [5.41, 5.74) is 0. The Morgan fingerprint density at radius 1 is 1.53 bits per heavy atom. The number of nitrogens with zero attached hydrogens (tertiary/aromatic N) is 3.